The van der Waals surface area contributed by atoms with Gasteiger partial charge in [-0.2, -0.15) is 5.10 Å². The highest BCUT2D eigenvalue weighted by Gasteiger charge is 2.17. The standard InChI is InChI=1S/C22H23N7O2S/c1-13-5-4-6-17(14(13)2)24-20(30)12-32-22-28-27-21(29(22)23)19-11-18(25-26-19)15-7-9-16(31-3)10-8-15/h4-11H,12,23H2,1-3H3,(H,24,30)(H,25,26). The number of aryl methyl sites for hydroxylation is 1. The first kappa shape index (κ1) is 21.4. The summed E-state index contributed by atoms with van der Waals surface area (Å²) in [7, 11) is 1.62. The normalized spacial score (nSPS) is 10.8. The van der Waals surface area contributed by atoms with Crippen molar-refractivity contribution >= 4 is 23.4 Å². The fourth-order valence-corrected chi connectivity index (χ4v) is 3.76. The van der Waals surface area contributed by atoms with Gasteiger partial charge in [0.05, 0.1) is 18.6 Å². The monoisotopic (exact) mass is 449 g/mol. The van der Waals surface area contributed by atoms with Crippen LogP contribution in [0, 0.1) is 13.8 Å². The van der Waals surface area contributed by atoms with Gasteiger partial charge in [-0.25, -0.2) is 4.68 Å². The summed E-state index contributed by atoms with van der Waals surface area (Å²) in [4.78, 5) is 12.4. The Kier molecular flexibility index (Phi) is 6.13. The number of amides is 1. The fraction of sp³-hybridized carbons (Fsp3) is 0.182. The number of methoxy groups -OCH3 is 1. The van der Waals surface area contributed by atoms with Crippen LogP contribution in [0.3, 0.4) is 0 Å². The number of benzene rings is 2. The summed E-state index contributed by atoms with van der Waals surface area (Å²) < 4.78 is 6.53. The molecule has 164 valence electrons. The predicted molar refractivity (Wildman–Crippen MR) is 125 cm³/mol. The van der Waals surface area contributed by atoms with Crippen molar-refractivity contribution in [2.75, 3.05) is 24.0 Å². The number of aromatic amines is 1. The minimum atomic E-state index is -0.142. The topological polar surface area (TPSA) is 124 Å². The quantitative estimate of drug-likeness (QED) is 0.292. The number of nitrogens with one attached hydrogen (secondary N) is 2. The average molecular weight is 450 g/mol. The van der Waals surface area contributed by atoms with Crippen molar-refractivity contribution in [2.24, 2.45) is 0 Å². The molecule has 0 unspecified atom stereocenters. The lowest BCUT2D eigenvalue weighted by Gasteiger charge is -2.10. The molecule has 2 aromatic carbocycles. The third kappa shape index (κ3) is 4.45. The maximum Gasteiger partial charge on any atom is 0.234 e. The van der Waals surface area contributed by atoms with E-state index in [9.17, 15) is 4.79 Å². The molecule has 4 aromatic rings. The summed E-state index contributed by atoms with van der Waals surface area (Å²) in [6, 6.07) is 15.2. The minimum absolute atomic E-state index is 0.142. The van der Waals surface area contributed by atoms with Crippen molar-refractivity contribution in [1.29, 1.82) is 0 Å². The molecule has 0 spiro atoms. The molecule has 10 heteroatoms. The zero-order valence-corrected chi connectivity index (χ0v) is 18.7. The van der Waals surface area contributed by atoms with E-state index in [-0.39, 0.29) is 11.7 Å². The highest BCUT2D eigenvalue weighted by atomic mass is 32.2. The second kappa shape index (κ2) is 9.15. The molecule has 9 nitrogen and oxygen atoms in total. The number of nitrogens with zero attached hydrogens (tertiary/aromatic N) is 4. The van der Waals surface area contributed by atoms with Gasteiger partial charge in [0.1, 0.15) is 11.4 Å². The Bertz CT molecular complexity index is 1250. The molecule has 2 aromatic heterocycles. The van der Waals surface area contributed by atoms with Crippen LogP contribution in [0.2, 0.25) is 0 Å². The average Bonchev–Trinajstić information content (AvgIpc) is 3.42. The summed E-state index contributed by atoms with van der Waals surface area (Å²) in [6.07, 6.45) is 0. The fourth-order valence-electron chi connectivity index (χ4n) is 3.11. The second-order valence-corrected chi connectivity index (χ2v) is 8.10. The van der Waals surface area contributed by atoms with Crippen LogP contribution in [0.5, 0.6) is 5.75 Å². The van der Waals surface area contributed by atoms with Gasteiger partial charge >= 0.3 is 0 Å². The first-order chi connectivity index (χ1) is 15.5. The predicted octanol–water partition coefficient (Wildman–Crippen LogP) is 3.41. The molecule has 0 radical (unpaired) electrons. The Morgan fingerprint density at radius 1 is 1.19 bits per heavy atom. The van der Waals surface area contributed by atoms with E-state index < -0.39 is 0 Å². The van der Waals surface area contributed by atoms with Crippen LogP contribution in [0.15, 0.2) is 53.7 Å². The lowest BCUT2D eigenvalue weighted by molar-refractivity contribution is -0.113. The Hall–Kier alpha value is -3.79. The van der Waals surface area contributed by atoms with Gasteiger partial charge in [0.2, 0.25) is 16.9 Å². The maximum atomic E-state index is 12.4. The van der Waals surface area contributed by atoms with Gasteiger partial charge in [0.25, 0.3) is 0 Å². The Labute approximate surface area is 189 Å². The summed E-state index contributed by atoms with van der Waals surface area (Å²) in [5, 5.41) is 18.9. The van der Waals surface area contributed by atoms with Gasteiger partial charge in [0, 0.05) is 11.3 Å². The smallest absolute Gasteiger partial charge is 0.234 e. The number of carbonyl (C=O) groups is 1. The molecule has 0 aliphatic rings. The van der Waals surface area contributed by atoms with Crippen molar-refractivity contribution < 1.29 is 9.53 Å². The number of nitrogen functional groups attached to an aromatic ring is 1. The molecular formula is C22H23N7O2S. The van der Waals surface area contributed by atoms with Crippen LogP contribution in [0.1, 0.15) is 11.1 Å². The van der Waals surface area contributed by atoms with E-state index in [1.807, 2.05) is 62.4 Å². The van der Waals surface area contributed by atoms with E-state index in [1.54, 1.807) is 7.11 Å². The Balaban J connectivity index is 1.43. The molecule has 32 heavy (non-hydrogen) atoms. The lowest BCUT2D eigenvalue weighted by Crippen LogP contribution is -2.17. The highest BCUT2D eigenvalue weighted by molar-refractivity contribution is 7.99. The van der Waals surface area contributed by atoms with Gasteiger partial charge in [-0.1, -0.05) is 23.9 Å². The van der Waals surface area contributed by atoms with Crippen molar-refractivity contribution in [1.82, 2.24) is 25.1 Å². The number of H-pyrrole nitrogens is 1. The zero-order valence-electron chi connectivity index (χ0n) is 17.9. The van der Waals surface area contributed by atoms with Crippen LogP contribution in [0.4, 0.5) is 5.69 Å². The molecule has 0 saturated carbocycles. The van der Waals surface area contributed by atoms with Crippen molar-refractivity contribution in [3.63, 3.8) is 0 Å². The molecule has 2 heterocycles. The molecule has 0 aliphatic carbocycles. The van der Waals surface area contributed by atoms with E-state index >= 15 is 0 Å². The summed E-state index contributed by atoms with van der Waals surface area (Å²) in [5.74, 6) is 7.39. The lowest BCUT2D eigenvalue weighted by atomic mass is 10.1. The number of hydrogen-bond donors (Lipinski definition) is 3. The van der Waals surface area contributed by atoms with E-state index in [2.05, 4.69) is 25.7 Å². The van der Waals surface area contributed by atoms with Gasteiger partial charge in [-0.05, 0) is 61.4 Å². The maximum absolute atomic E-state index is 12.4. The van der Waals surface area contributed by atoms with Gasteiger partial charge in [-0.3, -0.25) is 9.89 Å². The first-order valence-electron chi connectivity index (χ1n) is 9.86. The highest BCUT2D eigenvalue weighted by Crippen LogP contribution is 2.26. The number of anilines is 1. The molecule has 1 amide bonds. The summed E-state index contributed by atoms with van der Waals surface area (Å²) in [6.45, 7) is 3.99. The van der Waals surface area contributed by atoms with Crippen molar-refractivity contribution in [2.45, 2.75) is 19.0 Å². The Morgan fingerprint density at radius 3 is 2.72 bits per heavy atom. The van der Waals surface area contributed by atoms with Crippen molar-refractivity contribution in [3.8, 4) is 28.5 Å². The molecule has 4 N–H and O–H groups in total. The van der Waals surface area contributed by atoms with Crippen LogP contribution in [0.25, 0.3) is 22.8 Å². The molecule has 0 fully saturated rings. The number of thioether (sulfide) groups is 1. The third-order valence-corrected chi connectivity index (χ3v) is 6.02. The summed E-state index contributed by atoms with van der Waals surface area (Å²) >= 11 is 1.21. The molecule has 0 saturated heterocycles. The van der Waals surface area contributed by atoms with Crippen LogP contribution >= 0.6 is 11.8 Å². The van der Waals surface area contributed by atoms with Crippen LogP contribution in [-0.4, -0.2) is 43.8 Å². The molecule has 0 atom stereocenters. The number of aromatic nitrogens is 5. The van der Waals surface area contributed by atoms with Crippen molar-refractivity contribution in [3.05, 3.63) is 59.7 Å². The number of ether oxygens (including phenoxy) is 1. The number of rotatable bonds is 7. The van der Waals surface area contributed by atoms with E-state index in [4.69, 9.17) is 10.6 Å². The van der Waals surface area contributed by atoms with Crippen LogP contribution in [-0.2, 0) is 4.79 Å². The van der Waals surface area contributed by atoms with E-state index in [0.717, 1.165) is 33.8 Å². The number of nitrogens with two attached hydrogens (primary N) is 1. The SMILES string of the molecule is COc1ccc(-c2cc(-c3nnc(SCC(=O)Nc4cccc(C)c4C)n3N)[nH]n2)cc1. The Morgan fingerprint density at radius 2 is 1.97 bits per heavy atom. The number of carbonyl (C=O) groups excluding carboxylic acids is 1. The molecule has 4 rings (SSSR count). The van der Waals surface area contributed by atoms with Crippen LogP contribution < -0.4 is 15.9 Å². The number of hydrogen-bond acceptors (Lipinski definition) is 7. The second-order valence-electron chi connectivity index (χ2n) is 7.16. The zero-order chi connectivity index (χ0) is 22.7. The molecular weight excluding hydrogens is 426 g/mol. The van der Waals surface area contributed by atoms with Gasteiger partial charge < -0.3 is 15.9 Å². The third-order valence-electron chi connectivity index (χ3n) is 5.08. The van der Waals surface area contributed by atoms with Gasteiger partial charge in [0.15, 0.2) is 0 Å². The summed E-state index contributed by atoms with van der Waals surface area (Å²) in [5.41, 5.74) is 5.26. The molecule has 0 bridgehead atoms. The molecule has 0 aliphatic heterocycles. The first-order valence-corrected chi connectivity index (χ1v) is 10.8. The van der Waals surface area contributed by atoms with E-state index in [0.29, 0.717) is 16.7 Å². The van der Waals surface area contributed by atoms with E-state index in [1.165, 1.54) is 16.4 Å². The minimum Gasteiger partial charge on any atom is -0.497 e. The van der Waals surface area contributed by atoms with Gasteiger partial charge in [-0.15, -0.1) is 10.2 Å². The largest absolute Gasteiger partial charge is 0.497 e.